The maximum Gasteiger partial charge on any atom is 0.335 e. The van der Waals surface area contributed by atoms with Crippen molar-refractivity contribution in [3.63, 3.8) is 0 Å². The first kappa shape index (κ1) is 23.5. The number of carbonyl (C=O) groups is 3. The average molecular weight is 453 g/mol. The molecule has 0 bridgehead atoms. The molecule has 0 aliphatic carbocycles. The Hall–Kier alpha value is -4.21. The van der Waals surface area contributed by atoms with Gasteiger partial charge in [0.1, 0.15) is 5.57 Å². The summed E-state index contributed by atoms with van der Waals surface area (Å²) >= 11 is 0. The van der Waals surface area contributed by atoms with Gasteiger partial charge in [0, 0.05) is 0 Å². The van der Waals surface area contributed by atoms with E-state index in [1.165, 1.54) is 31.4 Å². The van der Waals surface area contributed by atoms with Crippen LogP contribution in [0.2, 0.25) is 0 Å². The molecule has 1 N–H and O–H groups in total. The first-order chi connectivity index (χ1) is 15.7. The van der Waals surface area contributed by atoms with E-state index in [9.17, 15) is 24.5 Å². The van der Waals surface area contributed by atoms with Crippen molar-refractivity contribution in [1.29, 1.82) is 0 Å². The smallest absolute Gasteiger partial charge is 0.335 e. The predicted molar refractivity (Wildman–Crippen MR) is 120 cm³/mol. The monoisotopic (exact) mass is 453 g/mol. The van der Waals surface area contributed by atoms with Crippen LogP contribution in [0.4, 0.5) is 16.2 Å². The molecule has 1 aliphatic heterocycles. The van der Waals surface area contributed by atoms with Crippen molar-refractivity contribution in [2.24, 2.45) is 5.92 Å². The second-order valence-corrected chi connectivity index (χ2v) is 7.64. The van der Waals surface area contributed by atoms with Gasteiger partial charge in [0.05, 0.1) is 36.0 Å². The minimum atomic E-state index is -0.956. The van der Waals surface area contributed by atoms with Crippen LogP contribution in [0.15, 0.2) is 48.0 Å². The first-order valence-corrected chi connectivity index (χ1v) is 10.2. The lowest BCUT2D eigenvalue weighted by atomic mass is 10.0. The zero-order chi connectivity index (χ0) is 24.1. The topological polar surface area (TPSA) is 128 Å². The Labute approximate surface area is 189 Å². The summed E-state index contributed by atoms with van der Waals surface area (Å²) in [6.07, 6.45) is 1.80. The number of rotatable bonds is 8. The van der Waals surface area contributed by atoms with Crippen LogP contribution in [-0.4, -0.2) is 36.5 Å². The molecule has 2 aromatic rings. The van der Waals surface area contributed by atoms with Crippen molar-refractivity contribution in [3.05, 3.63) is 63.7 Å². The Morgan fingerprint density at radius 1 is 1.12 bits per heavy atom. The molecule has 1 heterocycles. The van der Waals surface area contributed by atoms with Gasteiger partial charge in [-0.3, -0.25) is 25.0 Å². The van der Waals surface area contributed by atoms with Crippen LogP contribution in [0.1, 0.15) is 25.8 Å². The lowest BCUT2D eigenvalue weighted by Gasteiger charge is -2.26. The molecule has 4 amide bonds. The largest absolute Gasteiger partial charge is 0.493 e. The molecule has 3 rings (SSSR count). The Morgan fingerprint density at radius 2 is 1.82 bits per heavy atom. The van der Waals surface area contributed by atoms with Crippen molar-refractivity contribution in [1.82, 2.24) is 5.32 Å². The third-order valence-electron chi connectivity index (χ3n) is 4.88. The van der Waals surface area contributed by atoms with Crippen LogP contribution >= 0.6 is 0 Å². The predicted octanol–water partition coefficient (Wildman–Crippen LogP) is 3.69. The number of ether oxygens (including phenoxy) is 2. The Balaban J connectivity index is 2.04. The van der Waals surface area contributed by atoms with E-state index in [0.29, 0.717) is 12.5 Å². The molecule has 0 unspecified atom stereocenters. The number of barbiturate groups is 1. The van der Waals surface area contributed by atoms with E-state index in [2.05, 4.69) is 5.32 Å². The Morgan fingerprint density at radius 3 is 2.42 bits per heavy atom. The molecule has 1 fully saturated rings. The number of imide groups is 2. The highest BCUT2D eigenvalue weighted by Crippen LogP contribution is 2.36. The summed E-state index contributed by atoms with van der Waals surface area (Å²) in [5, 5.41) is 13.8. The zero-order valence-electron chi connectivity index (χ0n) is 18.4. The molecule has 0 aromatic heterocycles. The normalized spacial score (nSPS) is 15.1. The quantitative estimate of drug-likeness (QED) is 0.279. The standard InChI is InChI=1S/C23H23N3O7/c1-14(2)9-10-33-20-13-18(26(30)31)15(12-19(20)32-3)11-17-21(27)24-23(29)25(22(17)28)16-7-5-4-6-8-16/h4-8,11-14H,9-10H2,1-3H3,(H,24,27,29). The molecular formula is C23H23N3O7. The Kier molecular flexibility index (Phi) is 7.07. The second kappa shape index (κ2) is 9.94. The third kappa shape index (κ3) is 5.17. The molecule has 0 saturated carbocycles. The van der Waals surface area contributed by atoms with Gasteiger partial charge < -0.3 is 9.47 Å². The van der Waals surface area contributed by atoms with E-state index in [1.807, 2.05) is 13.8 Å². The van der Waals surface area contributed by atoms with Crippen molar-refractivity contribution >= 4 is 35.3 Å². The highest BCUT2D eigenvalue weighted by atomic mass is 16.6. The molecule has 0 spiro atoms. The molecule has 2 aromatic carbocycles. The molecule has 0 radical (unpaired) electrons. The fraction of sp³-hybridized carbons (Fsp3) is 0.261. The minimum absolute atomic E-state index is 0.0473. The zero-order valence-corrected chi connectivity index (χ0v) is 18.4. The van der Waals surface area contributed by atoms with Crippen LogP contribution in [-0.2, 0) is 9.59 Å². The van der Waals surface area contributed by atoms with Gasteiger partial charge in [0.25, 0.3) is 17.5 Å². The number of methoxy groups -OCH3 is 1. The fourth-order valence-electron chi connectivity index (χ4n) is 3.14. The minimum Gasteiger partial charge on any atom is -0.493 e. The first-order valence-electron chi connectivity index (χ1n) is 10.2. The number of para-hydroxylation sites is 1. The van der Waals surface area contributed by atoms with Gasteiger partial charge in [0.2, 0.25) is 0 Å². The van der Waals surface area contributed by atoms with Gasteiger partial charge in [-0.25, -0.2) is 9.69 Å². The number of anilines is 1. The summed E-state index contributed by atoms with van der Waals surface area (Å²) < 4.78 is 11.0. The molecule has 10 nitrogen and oxygen atoms in total. The molecule has 1 saturated heterocycles. The highest BCUT2D eigenvalue weighted by Gasteiger charge is 2.37. The fourth-order valence-corrected chi connectivity index (χ4v) is 3.14. The lowest BCUT2D eigenvalue weighted by molar-refractivity contribution is -0.385. The van der Waals surface area contributed by atoms with E-state index in [-0.39, 0.29) is 28.4 Å². The van der Waals surface area contributed by atoms with Gasteiger partial charge in [-0.1, -0.05) is 32.0 Å². The summed E-state index contributed by atoms with van der Waals surface area (Å²) in [5.74, 6) is -1.10. The van der Waals surface area contributed by atoms with E-state index >= 15 is 0 Å². The van der Waals surface area contributed by atoms with E-state index in [0.717, 1.165) is 17.4 Å². The van der Waals surface area contributed by atoms with Gasteiger partial charge in [0.15, 0.2) is 11.5 Å². The molecule has 172 valence electrons. The lowest BCUT2D eigenvalue weighted by Crippen LogP contribution is -2.54. The van der Waals surface area contributed by atoms with Gasteiger partial charge >= 0.3 is 6.03 Å². The van der Waals surface area contributed by atoms with E-state index in [1.54, 1.807) is 18.2 Å². The Bertz CT molecular complexity index is 1130. The van der Waals surface area contributed by atoms with Crippen LogP contribution in [0.3, 0.4) is 0 Å². The number of nitrogens with zero attached hydrogens (tertiary/aromatic N) is 2. The van der Waals surface area contributed by atoms with E-state index in [4.69, 9.17) is 9.47 Å². The van der Waals surface area contributed by atoms with E-state index < -0.39 is 28.3 Å². The highest BCUT2D eigenvalue weighted by molar-refractivity contribution is 6.39. The van der Waals surface area contributed by atoms with Crippen LogP contribution < -0.4 is 19.7 Å². The van der Waals surface area contributed by atoms with Crippen LogP contribution in [0.25, 0.3) is 6.08 Å². The number of carbonyl (C=O) groups excluding carboxylic acids is 3. The van der Waals surface area contributed by atoms with Crippen molar-refractivity contribution in [3.8, 4) is 11.5 Å². The number of hydrogen-bond donors (Lipinski definition) is 1. The average Bonchev–Trinajstić information content (AvgIpc) is 2.77. The number of urea groups is 1. The number of nitrogens with one attached hydrogen (secondary N) is 1. The molecule has 1 aliphatic rings. The molecule has 0 atom stereocenters. The van der Waals surface area contributed by atoms with Crippen molar-refractivity contribution in [2.45, 2.75) is 20.3 Å². The number of amides is 4. The maximum atomic E-state index is 13.0. The number of hydrogen-bond acceptors (Lipinski definition) is 7. The van der Waals surface area contributed by atoms with Gasteiger partial charge in [-0.2, -0.15) is 0 Å². The van der Waals surface area contributed by atoms with Crippen molar-refractivity contribution < 1.29 is 28.8 Å². The van der Waals surface area contributed by atoms with Gasteiger partial charge in [-0.15, -0.1) is 0 Å². The molecular weight excluding hydrogens is 430 g/mol. The van der Waals surface area contributed by atoms with Crippen LogP contribution in [0, 0.1) is 16.0 Å². The summed E-state index contributed by atoms with van der Waals surface area (Å²) in [6.45, 7) is 4.38. The number of nitro benzene ring substituents is 1. The summed E-state index contributed by atoms with van der Waals surface area (Å²) in [7, 11) is 1.38. The maximum absolute atomic E-state index is 13.0. The summed E-state index contributed by atoms with van der Waals surface area (Å²) in [6, 6.07) is 9.62. The number of benzene rings is 2. The van der Waals surface area contributed by atoms with Crippen LogP contribution in [0.5, 0.6) is 11.5 Å². The summed E-state index contributed by atoms with van der Waals surface area (Å²) in [4.78, 5) is 49.6. The third-order valence-corrected chi connectivity index (χ3v) is 4.88. The number of nitro groups is 1. The SMILES string of the molecule is COc1cc(C=C2C(=O)NC(=O)N(c3ccccc3)C2=O)c([N+](=O)[O-])cc1OCCC(C)C. The summed E-state index contributed by atoms with van der Waals surface area (Å²) in [5.41, 5.74) is -0.614. The molecule has 33 heavy (non-hydrogen) atoms. The van der Waals surface area contributed by atoms with Crippen molar-refractivity contribution in [2.75, 3.05) is 18.6 Å². The van der Waals surface area contributed by atoms with Gasteiger partial charge in [-0.05, 0) is 36.6 Å². The second-order valence-electron chi connectivity index (χ2n) is 7.64. The molecule has 10 heteroatoms.